The van der Waals surface area contributed by atoms with Crippen molar-refractivity contribution in [1.29, 1.82) is 5.41 Å². The van der Waals surface area contributed by atoms with Gasteiger partial charge in [-0.05, 0) is 30.3 Å². The Kier molecular flexibility index (Phi) is 5.29. The van der Waals surface area contributed by atoms with E-state index in [1.54, 1.807) is 0 Å². The molecule has 0 saturated carbocycles. The smallest absolute Gasteiger partial charge is 0.257 e. The van der Waals surface area contributed by atoms with Crippen LogP contribution in [0.5, 0.6) is 11.5 Å². The van der Waals surface area contributed by atoms with Crippen molar-refractivity contribution >= 4 is 33.3 Å². The fourth-order valence-electron chi connectivity index (χ4n) is 1.89. The van der Waals surface area contributed by atoms with E-state index in [-0.39, 0.29) is 27.0 Å². The lowest BCUT2D eigenvalue weighted by Crippen LogP contribution is -2.35. The van der Waals surface area contributed by atoms with Crippen LogP contribution in [0, 0.1) is 11.2 Å². The fourth-order valence-corrected chi connectivity index (χ4v) is 2.87. The largest absolute Gasteiger partial charge is 0.456 e. The predicted octanol–water partition coefficient (Wildman–Crippen LogP) is 2.30. The van der Waals surface area contributed by atoms with Crippen molar-refractivity contribution in [2.45, 2.75) is 4.90 Å². The highest BCUT2D eigenvalue weighted by Gasteiger charge is 2.19. The molecule has 0 heterocycles. The maximum atomic E-state index is 13.2. The average molecular weight is 386 g/mol. The summed E-state index contributed by atoms with van der Waals surface area (Å²) in [7, 11) is -3.75. The van der Waals surface area contributed by atoms with E-state index in [9.17, 15) is 17.6 Å². The Morgan fingerprint density at radius 1 is 1.28 bits per heavy atom. The van der Waals surface area contributed by atoms with Crippen LogP contribution in [0.15, 0.2) is 41.3 Å². The van der Waals surface area contributed by atoms with Crippen molar-refractivity contribution < 1.29 is 22.3 Å². The number of hydrogen-bond donors (Lipinski definition) is 3. The summed E-state index contributed by atoms with van der Waals surface area (Å²) in [5.74, 6) is -1.91. The summed E-state index contributed by atoms with van der Waals surface area (Å²) in [6.45, 7) is 0. The van der Waals surface area contributed by atoms with Gasteiger partial charge in [0.2, 0.25) is 0 Å². The van der Waals surface area contributed by atoms with Gasteiger partial charge in [-0.1, -0.05) is 11.6 Å². The van der Waals surface area contributed by atoms with Gasteiger partial charge in [0.05, 0.1) is 5.02 Å². The van der Waals surface area contributed by atoms with Crippen LogP contribution in [0.2, 0.25) is 5.02 Å². The highest BCUT2D eigenvalue weighted by molar-refractivity contribution is 7.90. The number of ether oxygens (including phenoxy) is 1. The molecule has 0 aliphatic heterocycles. The summed E-state index contributed by atoms with van der Waals surface area (Å²) < 4.78 is 42.6. The summed E-state index contributed by atoms with van der Waals surface area (Å²) in [5.41, 5.74) is 5.05. The standard InChI is InChI=1S/C15H13ClFN3O4S/c1-25(22,23)13-6-8(14(21)20-15(18)19)2-5-12(13)24-9-3-4-11(17)10(16)7-9/h2-7H,1H3,(H4,18,19,20,21). The summed E-state index contributed by atoms with van der Waals surface area (Å²) in [4.78, 5) is 11.6. The van der Waals surface area contributed by atoms with Gasteiger partial charge in [0.25, 0.3) is 5.91 Å². The molecule has 0 saturated heterocycles. The van der Waals surface area contributed by atoms with Crippen LogP contribution in [0.1, 0.15) is 10.4 Å². The summed E-state index contributed by atoms with van der Waals surface area (Å²) in [6, 6.07) is 7.21. The summed E-state index contributed by atoms with van der Waals surface area (Å²) >= 11 is 5.67. The summed E-state index contributed by atoms with van der Waals surface area (Å²) in [6.07, 6.45) is 0.944. The van der Waals surface area contributed by atoms with Crippen molar-refractivity contribution in [2.24, 2.45) is 5.73 Å². The Labute approximate surface area is 148 Å². The molecule has 0 radical (unpaired) electrons. The average Bonchev–Trinajstić information content (AvgIpc) is 2.49. The molecule has 0 fully saturated rings. The number of nitrogens with one attached hydrogen (secondary N) is 2. The third-order valence-electron chi connectivity index (χ3n) is 2.97. The minimum absolute atomic E-state index is 0.0277. The van der Waals surface area contributed by atoms with E-state index >= 15 is 0 Å². The number of guanidine groups is 1. The van der Waals surface area contributed by atoms with Crippen LogP contribution in [0.4, 0.5) is 4.39 Å². The second-order valence-electron chi connectivity index (χ2n) is 4.98. The molecule has 1 amide bonds. The molecule has 4 N–H and O–H groups in total. The molecular formula is C15H13ClFN3O4S. The molecule has 10 heteroatoms. The molecule has 25 heavy (non-hydrogen) atoms. The number of carbonyl (C=O) groups is 1. The quantitative estimate of drug-likeness (QED) is 0.550. The molecule has 2 rings (SSSR count). The molecule has 2 aromatic carbocycles. The summed E-state index contributed by atoms with van der Waals surface area (Å²) in [5, 5.41) is 8.90. The maximum absolute atomic E-state index is 13.2. The number of benzene rings is 2. The first kappa shape index (κ1) is 18.7. The Hall–Kier alpha value is -2.65. The van der Waals surface area contributed by atoms with E-state index in [0.29, 0.717) is 0 Å². The number of halogens is 2. The van der Waals surface area contributed by atoms with Gasteiger partial charge >= 0.3 is 0 Å². The maximum Gasteiger partial charge on any atom is 0.257 e. The molecular weight excluding hydrogens is 373 g/mol. The third-order valence-corrected chi connectivity index (χ3v) is 4.38. The number of amides is 1. The topological polar surface area (TPSA) is 122 Å². The lowest BCUT2D eigenvalue weighted by atomic mass is 10.2. The van der Waals surface area contributed by atoms with Gasteiger partial charge < -0.3 is 10.5 Å². The Bertz CT molecular complexity index is 963. The van der Waals surface area contributed by atoms with Gasteiger partial charge in [-0.15, -0.1) is 0 Å². The van der Waals surface area contributed by atoms with Crippen LogP contribution >= 0.6 is 11.6 Å². The molecule has 132 valence electrons. The van der Waals surface area contributed by atoms with Gasteiger partial charge in [0.15, 0.2) is 15.8 Å². The van der Waals surface area contributed by atoms with E-state index < -0.39 is 27.5 Å². The van der Waals surface area contributed by atoms with Crippen molar-refractivity contribution in [3.05, 3.63) is 52.8 Å². The highest BCUT2D eigenvalue weighted by Crippen LogP contribution is 2.31. The second-order valence-corrected chi connectivity index (χ2v) is 7.37. The fraction of sp³-hybridized carbons (Fsp3) is 0.0667. The first-order valence-corrected chi connectivity index (χ1v) is 8.97. The van der Waals surface area contributed by atoms with E-state index in [0.717, 1.165) is 18.4 Å². The van der Waals surface area contributed by atoms with E-state index in [4.69, 9.17) is 27.5 Å². The Morgan fingerprint density at radius 3 is 2.52 bits per heavy atom. The van der Waals surface area contributed by atoms with Crippen LogP contribution in [-0.4, -0.2) is 26.5 Å². The van der Waals surface area contributed by atoms with Crippen molar-refractivity contribution in [2.75, 3.05) is 6.26 Å². The minimum atomic E-state index is -3.75. The first-order chi connectivity index (χ1) is 11.6. The molecule has 0 aliphatic rings. The molecule has 0 bridgehead atoms. The number of carbonyl (C=O) groups excluding carboxylic acids is 1. The van der Waals surface area contributed by atoms with Crippen LogP contribution < -0.4 is 15.8 Å². The molecule has 0 atom stereocenters. The normalized spacial score (nSPS) is 11.0. The van der Waals surface area contributed by atoms with Gasteiger partial charge in [0.1, 0.15) is 22.2 Å². The van der Waals surface area contributed by atoms with E-state index in [1.165, 1.54) is 24.3 Å². The van der Waals surface area contributed by atoms with Crippen molar-refractivity contribution in [3.63, 3.8) is 0 Å². The number of nitrogens with two attached hydrogens (primary N) is 1. The van der Waals surface area contributed by atoms with Gasteiger partial charge in [-0.2, -0.15) is 0 Å². The van der Waals surface area contributed by atoms with Gasteiger partial charge in [-0.3, -0.25) is 15.5 Å². The molecule has 0 aromatic heterocycles. The molecule has 7 nitrogen and oxygen atoms in total. The lowest BCUT2D eigenvalue weighted by molar-refractivity contribution is 0.0976. The van der Waals surface area contributed by atoms with Crippen molar-refractivity contribution in [1.82, 2.24) is 5.32 Å². The second kappa shape index (κ2) is 7.08. The van der Waals surface area contributed by atoms with Crippen molar-refractivity contribution in [3.8, 4) is 11.5 Å². The number of sulfone groups is 1. The van der Waals surface area contributed by atoms with Crippen LogP contribution in [-0.2, 0) is 9.84 Å². The van der Waals surface area contributed by atoms with E-state index in [1.807, 2.05) is 5.32 Å². The number of hydrogen-bond acceptors (Lipinski definition) is 5. The lowest BCUT2D eigenvalue weighted by Gasteiger charge is -2.12. The zero-order valence-corrected chi connectivity index (χ0v) is 14.4. The molecule has 2 aromatic rings. The zero-order valence-electron chi connectivity index (χ0n) is 12.8. The molecule has 0 aliphatic carbocycles. The molecule has 0 spiro atoms. The first-order valence-electron chi connectivity index (χ1n) is 6.70. The van der Waals surface area contributed by atoms with Gasteiger partial charge in [0, 0.05) is 17.9 Å². The highest BCUT2D eigenvalue weighted by atomic mass is 35.5. The van der Waals surface area contributed by atoms with Gasteiger partial charge in [-0.25, -0.2) is 12.8 Å². The predicted molar refractivity (Wildman–Crippen MR) is 90.4 cm³/mol. The van der Waals surface area contributed by atoms with Crippen LogP contribution in [0.3, 0.4) is 0 Å². The monoisotopic (exact) mass is 385 g/mol. The minimum Gasteiger partial charge on any atom is -0.456 e. The Balaban J connectivity index is 2.45. The number of rotatable bonds is 4. The van der Waals surface area contributed by atoms with Crippen LogP contribution in [0.25, 0.3) is 0 Å². The SMILES string of the molecule is CS(=O)(=O)c1cc(C(=O)NC(=N)N)ccc1Oc1ccc(F)c(Cl)c1. The van der Waals surface area contributed by atoms with E-state index in [2.05, 4.69) is 0 Å². The molecule has 0 unspecified atom stereocenters. The zero-order chi connectivity index (χ0) is 18.8. The third kappa shape index (κ3) is 4.68. The Morgan fingerprint density at radius 2 is 1.96 bits per heavy atom.